The van der Waals surface area contributed by atoms with Crippen molar-refractivity contribution in [2.24, 2.45) is 23.7 Å². The second-order valence-electron chi connectivity index (χ2n) is 8.96. The molecule has 2 aliphatic rings. The molecule has 1 aliphatic heterocycles. The summed E-state index contributed by atoms with van der Waals surface area (Å²) in [6, 6.07) is 9.38. The predicted molar refractivity (Wildman–Crippen MR) is 118 cm³/mol. The van der Waals surface area contributed by atoms with E-state index in [0.29, 0.717) is 37.5 Å². The first kappa shape index (κ1) is 23.8. The third-order valence-corrected chi connectivity index (χ3v) is 6.83. The van der Waals surface area contributed by atoms with Crippen LogP contribution in [0.5, 0.6) is 5.75 Å². The van der Waals surface area contributed by atoms with E-state index in [0.717, 1.165) is 19.3 Å². The molecule has 1 aliphatic carbocycles. The van der Waals surface area contributed by atoms with Gasteiger partial charge in [0.1, 0.15) is 18.5 Å². The maximum atomic E-state index is 11.3. The van der Waals surface area contributed by atoms with Crippen molar-refractivity contribution < 1.29 is 29.6 Å². The van der Waals surface area contributed by atoms with Crippen molar-refractivity contribution >= 4 is 5.97 Å². The lowest BCUT2D eigenvalue weighted by molar-refractivity contribution is -0.142. The Hall–Kier alpha value is -1.89. The Balaban J connectivity index is 1.49. The quantitative estimate of drug-likeness (QED) is 0.488. The van der Waals surface area contributed by atoms with Crippen molar-refractivity contribution in [3.8, 4) is 5.75 Å². The highest BCUT2D eigenvalue weighted by Crippen LogP contribution is 2.42. The van der Waals surface area contributed by atoms with Crippen LogP contribution in [0.1, 0.15) is 45.4 Å². The molecular formula is C25H36O6. The summed E-state index contributed by atoms with van der Waals surface area (Å²) in [6.07, 6.45) is 7.20. The molecular weight excluding hydrogens is 396 g/mol. The third-order valence-electron chi connectivity index (χ3n) is 6.83. The molecule has 0 bridgehead atoms. The van der Waals surface area contributed by atoms with Gasteiger partial charge in [-0.25, -0.2) is 0 Å². The number of hydrogen-bond acceptors (Lipinski definition) is 5. The fourth-order valence-electron chi connectivity index (χ4n) is 4.89. The molecule has 0 amide bonds. The fraction of sp³-hybridized carbons (Fsp3) is 0.640. The first-order valence-corrected chi connectivity index (χ1v) is 11.5. The predicted octanol–water partition coefficient (Wildman–Crippen LogP) is 3.67. The van der Waals surface area contributed by atoms with Gasteiger partial charge in [0, 0.05) is 18.9 Å². The molecule has 1 aromatic rings. The van der Waals surface area contributed by atoms with Crippen LogP contribution >= 0.6 is 0 Å². The average molecular weight is 433 g/mol. The highest BCUT2D eigenvalue weighted by Gasteiger charge is 2.43. The van der Waals surface area contributed by atoms with E-state index < -0.39 is 18.2 Å². The Morgan fingerprint density at radius 3 is 2.77 bits per heavy atom. The van der Waals surface area contributed by atoms with Crippen LogP contribution in [-0.4, -0.2) is 52.8 Å². The van der Waals surface area contributed by atoms with Gasteiger partial charge in [0.2, 0.25) is 0 Å². The minimum atomic E-state index is -0.743. The summed E-state index contributed by atoms with van der Waals surface area (Å²) < 4.78 is 11.7. The molecule has 172 valence electrons. The number of para-hydroxylation sites is 1. The third kappa shape index (κ3) is 6.79. The number of benzene rings is 1. The van der Waals surface area contributed by atoms with Crippen molar-refractivity contribution in [3.63, 3.8) is 0 Å². The average Bonchev–Trinajstić information content (AvgIpc) is 2.93. The van der Waals surface area contributed by atoms with E-state index in [1.165, 1.54) is 0 Å². The number of aliphatic hydroxyl groups is 2. The van der Waals surface area contributed by atoms with Crippen LogP contribution in [-0.2, 0) is 9.53 Å². The molecule has 7 atom stereocenters. The SMILES string of the molecule is CCC(CC[C@@H]1CC[C@@H]2[C@@H](/C=C/[C@@H](O)COc3ccccc3)[C@H](O)C[C@@H]2OC1)C(=O)O. The van der Waals surface area contributed by atoms with Crippen LogP contribution in [0.25, 0.3) is 0 Å². The smallest absolute Gasteiger partial charge is 0.306 e. The molecule has 1 aromatic carbocycles. The van der Waals surface area contributed by atoms with Crippen LogP contribution < -0.4 is 4.74 Å². The summed E-state index contributed by atoms with van der Waals surface area (Å²) in [5.41, 5.74) is 0. The molecule has 1 saturated carbocycles. The van der Waals surface area contributed by atoms with Gasteiger partial charge in [-0.15, -0.1) is 0 Å². The van der Waals surface area contributed by atoms with Gasteiger partial charge in [-0.3, -0.25) is 4.79 Å². The number of hydrogen-bond donors (Lipinski definition) is 3. The number of aliphatic hydroxyl groups excluding tert-OH is 2. The van der Waals surface area contributed by atoms with Crippen LogP contribution in [0.15, 0.2) is 42.5 Å². The normalized spacial score (nSPS) is 30.5. The summed E-state index contributed by atoms with van der Waals surface area (Å²) >= 11 is 0. The second-order valence-corrected chi connectivity index (χ2v) is 8.96. The molecule has 0 aromatic heterocycles. The van der Waals surface area contributed by atoms with Gasteiger partial charge in [0.05, 0.1) is 18.1 Å². The second kappa shape index (κ2) is 11.7. The molecule has 1 heterocycles. The highest BCUT2D eigenvalue weighted by atomic mass is 16.5. The largest absolute Gasteiger partial charge is 0.491 e. The molecule has 3 rings (SSSR count). The number of aliphatic carboxylic acids is 1. The molecule has 1 saturated heterocycles. The van der Waals surface area contributed by atoms with Crippen LogP contribution in [0.4, 0.5) is 0 Å². The molecule has 0 spiro atoms. The van der Waals surface area contributed by atoms with E-state index in [4.69, 9.17) is 9.47 Å². The number of fused-ring (bicyclic) bond motifs is 1. The zero-order valence-electron chi connectivity index (χ0n) is 18.3. The Morgan fingerprint density at radius 1 is 1.29 bits per heavy atom. The number of ether oxygens (including phenoxy) is 2. The Morgan fingerprint density at radius 2 is 2.06 bits per heavy atom. The van der Waals surface area contributed by atoms with Gasteiger partial charge >= 0.3 is 5.97 Å². The summed E-state index contributed by atoms with van der Waals surface area (Å²) in [6.45, 7) is 2.72. The number of carboxylic acids is 1. The zero-order valence-corrected chi connectivity index (χ0v) is 18.3. The summed E-state index contributed by atoms with van der Waals surface area (Å²) in [5.74, 6) is 0.271. The van der Waals surface area contributed by atoms with E-state index >= 15 is 0 Å². The van der Waals surface area contributed by atoms with Crippen molar-refractivity contribution in [3.05, 3.63) is 42.5 Å². The lowest BCUT2D eigenvalue weighted by Gasteiger charge is -2.21. The number of carboxylic acid groups (broad SMARTS) is 1. The van der Waals surface area contributed by atoms with Gasteiger partial charge < -0.3 is 24.8 Å². The number of carbonyl (C=O) groups is 1. The Bertz CT molecular complexity index is 705. The molecule has 2 fully saturated rings. The van der Waals surface area contributed by atoms with Crippen molar-refractivity contribution in [1.29, 1.82) is 0 Å². The standard InChI is InChI=1S/C25H36O6/c1-2-18(25(28)29)10-8-17-9-12-22-21(23(27)14-24(22)31-15-17)13-11-19(26)16-30-20-6-4-3-5-7-20/h3-7,11,13,17-19,21-24,26-27H,2,8-10,12,14-16H2,1H3,(H,28,29)/b13-11+/t17-,18?,19-,21-,22-,23-,24+/m1/s1. The van der Waals surface area contributed by atoms with Crippen molar-refractivity contribution in [1.82, 2.24) is 0 Å². The minimum absolute atomic E-state index is 0.0220. The molecule has 0 radical (unpaired) electrons. The Kier molecular flexibility index (Phi) is 8.93. The number of rotatable bonds is 10. The van der Waals surface area contributed by atoms with E-state index in [9.17, 15) is 20.1 Å². The Labute approximate surface area is 184 Å². The van der Waals surface area contributed by atoms with Crippen LogP contribution in [0, 0.1) is 23.7 Å². The molecule has 31 heavy (non-hydrogen) atoms. The first-order chi connectivity index (χ1) is 15.0. The fourth-order valence-corrected chi connectivity index (χ4v) is 4.89. The minimum Gasteiger partial charge on any atom is -0.491 e. The maximum Gasteiger partial charge on any atom is 0.306 e. The maximum absolute atomic E-state index is 11.3. The topological polar surface area (TPSA) is 96.2 Å². The summed E-state index contributed by atoms with van der Waals surface area (Å²) in [5, 5.41) is 30.1. The van der Waals surface area contributed by atoms with E-state index in [-0.39, 0.29) is 30.5 Å². The molecule has 6 nitrogen and oxygen atoms in total. The molecule has 3 N–H and O–H groups in total. The van der Waals surface area contributed by atoms with Crippen molar-refractivity contribution in [2.75, 3.05) is 13.2 Å². The van der Waals surface area contributed by atoms with Crippen LogP contribution in [0.2, 0.25) is 0 Å². The van der Waals surface area contributed by atoms with Gasteiger partial charge in [0.15, 0.2) is 0 Å². The van der Waals surface area contributed by atoms with Crippen molar-refractivity contribution in [2.45, 2.75) is 63.8 Å². The zero-order chi connectivity index (χ0) is 22.2. The molecule has 1 unspecified atom stereocenters. The summed E-state index contributed by atoms with van der Waals surface area (Å²) in [7, 11) is 0. The van der Waals surface area contributed by atoms with E-state index in [1.807, 2.05) is 43.3 Å². The van der Waals surface area contributed by atoms with Gasteiger partial charge in [-0.2, -0.15) is 0 Å². The lowest BCUT2D eigenvalue weighted by Crippen LogP contribution is -2.22. The van der Waals surface area contributed by atoms with Gasteiger partial charge in [0.25, 0.3) is 0 Å². The monoisotopic (exact) mass is 432 g/mol. The first-order valence-electron chi connectivity index (χ1n) is 11.5. The van der Waals surface area contributed by atoms with E-state index in [2.05, 4.69) is 0 Å². The van der Waals surface area contributed by atoms with E-state index in [1.54, 1.807) is 6.08 Å². The lowest BCUT2D eigenvalue weighted by atomic mass is 9.85. The highest BCUT2D eigenvalue weighted by molar-refractivity contribution is 5.69. The van der Waals surface area contributed by atoms with Gasteiger partial charge in [-0.05, 0) is 56.1 Å². The van der Waals surface area contributed by atoms with Crippen LogP contribution in [0.3, 0.4) is 0 Å². The summed E-state index contributed by atoms with van der Waals surface area (Å²) in [4.78, 5) is 11.3. The molecule has 6 heteroatoms. The van der Waals surface area contributed by atoms with Gasteiger partial charge in [-0.1, -0.05) is 37.3 Å².